The molecule has 0 radical (unpaired) electrons. The zero-order chi connectivity index (χ0) is 20.0. The summed E-state index contributed by atoms with van der Waals surface area (Å²) in [7, 11) is 0. The maximum atomic E-state index is 12.7. The first-order valence-electron chi connectivity index (χ1n) is 9.65. The van der Waals surface area contributed by atoms with Crippen LogP contribution in [0.1, 0.15) is 35.3 Å². The molecule has 0 bridgehead atoms. The first kappa shape index (κ1) is 18.0. The first-order chi connectivity index (χ1) is 14.1. The lowest BCUT2D eigenvalue weighted by Crippen LogP contribution is -2.39. The van der Waals surface area contributed by atoms with Gasteiger partial charge < -0.3 is 4.90 Å². The largest absolute Gasteiger partial charge is 0.342 e. The Bertz CT molecular complexity index is 1230. The van der Waals surface area contributed by atoms with Crippen molar-refractivity contribution < 1.29 is 4.79 Å². The molecule has 1 aliphatic rings. The molecule has 0 spiro atoms. The van der Waals surface area contributed by atoms with E-state index in [9.17, 15) is 9.59 Å². The highest BCUT2D eigenvalue weighted by Crippen LogP contribution is 2.33. The molecule has 0 saturated carbocycles. The molecule has 1 aliphatic heterocycles. The number of aryl methyl sites for hydroxylation is 1. The molecule has 4 aromatic rings. The van der Waals surface area contributed by atoms with Gasteiger partial charge in [0.05, 0.1) is 21.6 Å². The van der Waals surface area contributed by atoms with E-state index in [2.05, 4.69) is 21.1 Å². The number of rotatable bonds is 3. The number of likely N-dealkylation sites (tertiary alicyclic amines) is 1. The van der Waals surface area contributed by atoms with E-state index in [4.69, 9.17) is 4.98 Å². The number of benzene rings is 1. The highest BCUT2D eigenvalue weighted by molar-refractivity contribution is 7.18. The van der Waals surface area contributed by atoms with Crippen molar-refractivity contribution >= 4 is 33.2 Å². The molecule has 0 aliphatic carbocycles. The minimum Gasteiger partial charge on any atom is -0.342 e. The Kier molecular flexibility index (Phi) is 4.39. The van der Waals surface area contributed by atoms with Crippen LogP contribution < -0.4 is 5.56 Å². The minimum atomic E-state index is -0.227. The SMILES string of the molecule is Cc1cc(=O)n2[nH]c(CC(=O)N3CCC(c4nc5ccccc5s4)CC3)nc2n1. The fraction of sp³-hybridized carbons (Fsp3) is 0.350. The summed E-state index contributed by atoms with van der Waals surface area (Å²) in [5.41, 5.74) is 1.43. The van der Waals surface area contributed by atoms with Crippen LogP contribution in [0, 0.1) is 6.92 Å². The topological polar surface area (TPSA) is 96.2 Å². The van der Waals surface area contributed by atoms with Gasteiger partial charge in [0, 0.05) is 30.8 Å². The number of aromatic amines is 1. The number of aromatic nitrogens is 5. The van der Waals surface area contributed by atoms with Gasteiger partial charge in [-0.2, -0.15) is 9.50 Å². The molecule has 1 N–H and O–H groups in total. The summed E-state index contributed by atoms with van der Waals surface area (Å²) in [6.45, 7) is 3.16. The van der Waals surface area contributed by atoms with Gasteiger partial charge in [-0.25, -0.2) is 9.97 Å². The molecule has 0 atom stereocenters. The van der Waals surface area contributed by atoms with Gasteiger partial charge in [0.1, 0.15) is 5.82 Å². The summed E-state index contributed by atoms with van der Waals surface area (Å²) in [4.78, 5) is 39.9. The third kappa shape index (κ3) is 3.42. The van der Waals surface area contributed by atoms with Crippen molar-refractivity contribution in [3.05, 3.63) is 57.2 Å². The van der Waals surface area contributed by atoms with Gasteiger partial charge in [-0.15, -0.1) is 11.3 Å². The Labute approximate surface area is 170 Å². The van der Waals surface area contributed by atoms with Crippen LogP contribution in [-0.4, -0.2) is 48.5 Å². The number of hydrogen-bond acceptors (Lipinski definition) is 6. The predicted molar refractivity (Wildman–Crippen MR) is 110 cm³/mol. The van der Waals surface area contributed by atoms with E-state index < -0.39 is 0 Å². The van der Waals surface area contributed by atoms with Gasteiger partial charge in [0.2, 0.25) is 5.91 Å². The number of thiazole rings is 1. The first-order valence-corrected chi connectivity index (χ1v) is 10.5. The molecule has 148 valence electrons. The summed E-state index contributed by atoms with van der Waals surface area (Å²) < 4.78 is 2.49. The Hall–Kier alpha value is -3.07. The summed E-state index contributed by atoms with van der Waals surface area (Å²) in [6, 6.07) is 9.63. The van der Waals surface area contributed by atoms with Crippen LogP contribution in [0.5, 0.6) is 0 Å². The van der Waals surface area contributed by atoms with Crippen molar-refractivity contribution in [2.45, 2.75) is 32.1 Å². The summed E-state index contributed by atoms with van der Waals surface area (Å²) >= 11 is 1.75. The van der Waals surface area contributed by atoms with Crippen LogP contribution in [-0.2, 0) is 11.2 Å². The van der Waals surface area contributed by atoms with Crippen LogP contribution in [0.3, 0.4) is 0 Å². The Balaban J connectivity index is 1.25. The van der Waals surface area contributed by atoms with Gasteiger partial charge >= 0.3 is 0 Å². The predicted octanol–water partition coefficient (Wildman–Crippen LogP) is 2.28. The van der Waals surface area contributed by atoms with E-state index in [1.54, 1.807) is 18.3 Å². The molecule has 1 aromatic carbocycles. The second-order valence-corrected chi connectivity index (χ2v) is 8.46. The van der Waals surface area contributed by atoms with Crippen LogP contribution in [0.4, 0.5) is 0 Å². The molecular weight excluding hydrogens is 388 g/mol. The number of nitrogens with one attached hydrogen (secondary N) is 1. The highest BCUT2D eigenvalue weighted by Gasteiger charge is 2.26. The summed E-state index contributed by atoms with van der Waals surface area (Å²) in [5.74, 6) is 1.16. The van der Waals surface area contributed by atoms with E-state index in [1.165, 1.54) is 15.3 Å². The maximum Gasteiger partial charge on any atom is 0.274 e. The zero-order valence-corrected chi connectivity index (χ0v) is 16.8. The number of fused-ring (bicyclic) bond motifs is 2. The fourth-order valence-electron chi connectivity index (χ4n) is 3.81. The number of H-pyrrole nitrogens is 1. The van der Waals surface area contributed by atoms with Gasteiger partial charge in [-0.3, -0.25) is 14.7 Å². The van der Waals surface area contributed by atoms with Gasteiger partial charge in [-0.05, 0) is 31.9 Å². The molecule has 3 aromatic heterocycles. The third-order valence-electron chi connectivity index (χ3n) is 5.33. The number of carbonyl (C=O) groups excluding carboxylic acids is 1. The zero-order valence-electron chi connectivity index (χ0n) is 16.0. The lowest BCUT2D eigenvalue weighted by Gasteiger charge is -2.31. The van der Waals surface area contributed by atoms with E-state index in [-0.39, 0.29) is 17.9 Å². The lowest BCUT2D eigenvalue weighted by atomic mass is 9.97. The number of carbonyl (C=O) groups is 1. The van der Waals surface area contributed by atoms with Gasteiger partial charge in [0.15, 0.2) is 0 Å². The van der Waals surface area contributed by atoms with Crippen molar-refractivity contribution in [1.82, 2.24) is 29.5 Å². The van der Waals surface area contributed by atoms with Gasteiger partial charge in [0.25, 0.3) is 11.3 Å². The molecule has 1 amide bonds. The van der Waals surface area contributed by atoms with Crippen molar-refractivity contribution in [2.75, 3.05) is 13.1 Å². The van der Waals surface area contributed by atoms with Crippen LogP contribution in [0.15, 0.2) is 35.1 Å². The molecular formula is C20H20N6O2S. The van der Waals surface area contributed by atoms with Crippen LogP contribution >= 0.6 is 11.3 Å². The summed E-state index contributed by atoms with van der Waals surface area (Å²) in [5, 5.41) is 4.05. The summed E-state index contributed by atoms with van der Waals surface area (Å²) in [6.07, 6.45) is 1.95. The molecule has 1 fully saturated rings. The monoisotopic (exact) mass is 408 g/mol. The number of nitrogens with zero attached hydrogens (tertiary/aromatic N) is 5. The fourth-order valence-corrected chi connectivity index (χ4v) is 4.95. The third-order valence-corrected chi connectivity index (χ3v) is 6.53. The lowest BCUT2D eigenvalue weighted by molar-refractivity contribution is -0.131. The van der Waals surface area contributed by atoms with E-state index in [0.717, 1.165) is 23.4 Å². The van der Waals surface area contributed by atoms with Crippen LogP contribution in [0.25, 0.3) is 16.0 Å². The van der Waals surface area contributed by atoms with E-state index in [1.807, 2.05) is 23.1 Å². The molecule has 0 unspecified atom stereocenters. The maximum absolute atomic E-state index is 12.7. The normalized spacial score (nSPS) is 15.4. The van der Waals surface area contributed by atoms with Crippen molar-refractivity contribution in [2.24, 2.45) is 0 Å². The average molecular weight is 408 g/mol. The minimum absolute atomic E-state index is 0.0107. The highest BCUT2D eigenvalue weighted by atomic mass is 32.1. The number of para-hydroxylation sites is 1. The second kappa shape index (κ2) is 7.07. The second-order valence-electron chi connectivity index (χ2n) is 7.39. The quantitative estimate of drug-likeness (QED) is 0.561. The van der Waals surface area contributed by atoms with Crippen LogP contribution in [0.2, 0.25) is 0 Å². The Morgan fingerprint density at radius 1 is 1.21 bits per heavy atom. The Morgan fingerprint density at radius 3 is 2.79 bits per heavy atom. The van der Waals surface area contributed by atoms with Crippen molar-refractivity contribution in [3.8, 4) is 0 Å². The standard InChI is InChI=1S/C20H20N6O2S/c1-12-10-18(28)26-20(21-12)23-16(24-26)11-17(27)25-8-6-13(7-9-25)19-22-14-4-2-3-5-15(14)29-19/h2-5,10,13H,6-9,11H2,1H3,(H,21,23,24). The van der Waals surface area contributed by atoms with E-state index in [0.29, 0.717) is 36.3 Å². The molecule has 4 heterocycles. The molecule has 5 rings (SSSR count). The smallest absolute Gasteiger partial charge is 0.274 e. The van der Waals surface area contributed by atoms with E-state index >= 15 is 0 Å². The Morgan fingerprint density at radius 2 is 2.00 bits per heavy atom. The number of piperidine rings is 1. The van der Waals surface area contributed by atoms with Crippen molar-refractivity contribution in [3.63, 3.8) is 0 Å². The molecule has 29 heavy (non-hydrogen) atoms. The number of hydrogen-bond donors (Lipinski definition) is 1. The average Bonchev–Trinajstić information content (AvgIpc) is 3.32. The molecule has 9 heteroatoms. The van der Waals surface area contributed by atoms with Gasteiger partial charge in [-0.1, -0.05) is 12.1 Å². The number of amides is 1. The molecule has 8 nitrogen and oxygen atoms in total. The molecule has 1 saturated heterocycles. The van der Waals surface area contributed by atoms with Crippen molar-refractivity contribution in [1.29, 1.82) is 0 Å².